The van der Waals surface area contributed by atoms with Crippen molar-refractivity contribution >= 4 is 0 Å². The first-order valence-corrected chi connectivity index (χ1v) is 5.49. The Morgan fingerprint density at radius 3 is 2.20 bits per heavy atom. The molecule has 0 spiro atoms. The summed E-state index contributed by atoms with van der Waals surface area (Å²) in [6.45, 7) is 2.22. The minimum atomic E-state index is 1.10. The van der Waals surface area contributed by atoms with Crippen molar-refractivity contribution in [1.82, 2.24) is 0 Å². The van der Waals surface area contributed by atoms with Crippen molar-refractivity contribution in [1.29, 1.82) is 0 Å². The first-order chi connectivity index (χ1) is 7.34. The lowest BCUT2D eigenvalue weighted by Crippen LogP contribution is -2.08. The summed E-state index contributed by atoms with van der Waals surface area (Å²) in [6.07, 6.45) is 2.21. The number of aryl methyl sites for hydroxylation is 1. The number of hydrogen-bond acceptors (Lipinski definition) is 0. The van der Waals surface area contributed by atoms with E-state index in [2.05, 4.69) is 49.4 Å². The van der Waals surface area contributed by atoms with Crippen LogP contribution < -0.4 is 0 Å². The molecule has 2 aromatic carbocycles. The second-order valence-electron chi connectivity index (χ2n) is 4.33. The molecule has 2 aromatic rings. The Labute approximate surface area is 90.6 Å². The van der Waals surface area contributed by atoms with Gasteiger partial charge in [0.1, 0.15) is 0 Å². The minimum absolute atomic E-state index is 1.10. The summed E-state index contributed by atoms with van der Waals surface area (Å²) in [5.74, 6) is 0. The second-order valence-corrected chi connectivity index (χ2v) is 4.33. The number of fused-ring (bicyclic) bond motifs is 2. The standard InChI is InChI=1S/C15H14/c1-11-5-4-8-14-9-12-6-2-3-7-13(12)10-15(11)14/h2-8H,9-10H2,1H3. The molecule has 0 heteroatoms. The smallest absolute Gasteiger partial charge is 0.00174 e. The molecule has 3 rings (SSSR count). The van der Waals surface area contributed by atoms with E-state index in [0.717, 1.165) is 12.8 Å². The van der Waals surface area contributed by atoms with Crippen LogP contribution in [0.15, 0.2) is 42.5 Å². The van der Waals surface area contributed by atoms with Crippen LogP contribution in [0, 0.1) is 6.92 Å². The SMILES string of the molecule is Cc1cccc2c1Cc1ccccc1C2. The van der Waals surface area contributed by atoms with E-state index in [1.807, 2.05) is 0 Å². The Morgan fingerprint density at radius 1 is 0.733 bits per heavy atom. The molecule has 0 heterocycles. The lowest BCUT2D eigenvalue weighted by atomic mass is 9.84. The van der Waals surface area contributed by atoms with Gasteiger partial charge in [0.15, 0.2) is 0 Å². The molecule has 1 aliphatic rings. The lowest BCUT2D eigenvalue weighted by molar-refractivity contribution is 0.986. The van der Waals surface area contributed by atoms with Gasteiger partial charge < -0.3 is 0 Å². The molecule has 0 aliphatic heterocycles. The van der Waals surface area contributed by atoms with Gasteiger partial charge in [-0.3, -0.25) is 0 Å². The molecule has 74 valence electrons. The third-order valence-corrected chi connectivity index (χ3v) is 3.37. The Balaban J connectivity index is 2.15. The van der Waals surface area contributed by atoms with Gasteiger partial charge in [-0.15, -0.1) is 0 Å². The fraction of sp³-hybridized carbons (Fsp3) is 0.200. The minimum Gasteiger partial charge on any atom is -0.0620 e. The Kier molecular flexibility index (Phi) is 1.88. The van der Waals surface area contributed by atoms with Crippen molar-refractivity contribution in [3.63, 3.8) is 0 Å². The molecule has 0 nitrogen and oxygen atoms in total. The first kappa shape index (κ1) is 8.72. The molecule has 0 N–H and O–H groups in total. The zero-order valence-corrected chi connectivity index (χ0v) is 8.96. The fourth-order valence-electron chi connectivity index (χ4n) is 2.48. The highest BCUT2D eigenvalue weighted by Crippen LogP contribution is 2.28. The molecule has 15 heavy (non-hydrogen) atoms. The Bertz CT molecular complexity index is 509. The summed E-state index contributed by atoms with van der Waals surface area (Å²) in [6, 6.07) is 15.4. The van der Waals surface area contributed by atoms with Gasteiger partial charge in [0, 0.05) is 0 Å². The highest BCUT2D eigenvalue weighted by atomic mass is 14.2. The molecule has 0 amide bonds. The summed E-state index contributed by atoms with van der Waals surface area (Å²) >= 11 is 0. The van der Waals surface area contributed by atoms with Gasteiger partial charge in [0.2, 0.25) is 0 Å². The van der Waals surface area contributed by atoms with Gasteiger partial charge in [0.25, 0.3) is 0 Å². The maximum absolute atomic E-state index is 2.26. The molecule has 0 bridgehead atoms. The highest BCUT2D eigenvalue weighted by molar-refractivity contribution is 5.47. The van der Waals surface area contributed by atoms with Crippen LogP contribution in [0.25, 0.3) is 0 Å². The molecule has 0 saturated carbocycles. The molecular weight excluding hydrogens is 180 g/mol. The van der Waals surface area contributed by atoms with Crippen molar-refractivity contribution in [2.45, 2.75) is 19.8 Å². The third kappa shape index (κ3) is 1.37. The van der Waals surface area contributed by atoms with Crippen LogP contribution in [0.5, 0.6) is 0 Å². The molecule has 0 fully saturated rings. The van der Waals surface area contributed by atoms with Gasteiger partial charge in [-0.1, -0.05) is 42.5 Å². The molecule has 0 atom stereocenters. The molecule has 0 saturated heterocycles. The van der Waals surface area contributed by atoms with Crippen LogP contribution in [-0.2, 0) is 12.8 Å². The van der Waals surface area contributed by atoms with E-state index in [4.69, 9.17) is 0 Å². The van der Waals surface area contributed by atoms with Crippen molar-refractivity contribution < 1.29 is 0 Å². The highest BCUT2D eigenvalue weighted by Gasteiger charge is 2.15. The van der Waals surface area contributed by atoms with Crippen molar-refractivity contribution in [2.24, 2.45) is 0 Å². The zero-order chi connectivity index (χ0) is 10.3. The number of rotatable bonds is 0. The molecule has 0 radical (unpaired) electrons. The van der Waals surface area contributed by atoms with Gasteiger partial charge in [-0.2, -0.15) is 0 Å². The molecular formula is C15H14. The lowest BCUT2D eigenvalue weighted by Gasteiger charge is -2.21. The van der Waals surface area contributed by atoms with Crippen LogP contribution in [0.2, 0.25) is 0 Å². The summed E-state index contributed by atoms with van der Waals surface area (Å²) in [7, 11) is 0. The maximum atomic E-state index is 2.26. The predicted molar refractivity (Wildman–Crippen MR) is 63.2 cm³/mol. The summed E-state index contributed by atoms with van der Waals surface area (Å²) in [5, 5.41) is 0. The van der Waals surface area contributed by atoms with Crippen LogP contribution in [0.1, 0.15) is 27.8 Å². The van der Waals surface area contributed by atoms with Crippen LogP contribution in [0.4, 0.5) is 0 Å². The Hall–Kier alpha value is -1.56. The number of hydrogen-bond donors (Lipinski definition) is 0. The summed E-state index contributed by atoms with van der Waals surface area (Å²) in [5.41, 5.74) is 7.47. The quantitative estimate of drug-likeness (QED) is 0.514. The van der Waals surface area contributed by atoms with E-state index < -0.39 is 0 Å². The Morgan fingerprint density at radius 2 is 1.40 bits per heavy atom. The summed E-state index contributed by atoms with van der Waals surface area (Å²) < 4.78 is 0. The monoisotopic (exact) mass is 194 g/mol. The van der Waals surface area contributed by atoms with E-state index in [1.54, 1.807) is 0 Å². The van der Waals surface area contributed by atoms with Crippen molar-refractivity contribution in [3.8, 4) is 0 Å². The van der Waals surface area contributed by atoms with Crippen LogP contribution in [0.3, 0.4) is 0 Å². The predicted octanol–water partition coefficient (Wildman–Crippen LogP) is 3.49. The van der Waals surface area contributed by atoms with E-state index in [-0.39, 0.29) is 0 Å². The third-order valence-electron chi connectivity index (χ3n) is 3.37. The van der Waals surface area contributed by atoms with E-state index in [0.29, 0.717) is 0 Å². The summed E-state index contributed by atoms with van der Waals surface area (Å²) in [4.78, 5) is 0. The molecule has 1 aliphatic carbocycles. The van der Waals surface area contributed by atoms with E-state index in [1.165, 1.54) is 27.8 Å². The van der Waals surface area contributed by atoms with Crippen LogP contribution in [-0.4, -0.2) is 0 Å². The van der Waals surface area contributed by atoms with Gasteiger partial charge in [-0.05, 0) is 47.6 Å². The topological polar surface area (TPSA) is 0 Å². The fourth-order valence-corrected chi connectivity index (χ4v) is 2.48. The largest absolute Gasteiger partial charge is 0.0620 e. The van der Waals surface area contributed by atoms with Crippen molar-refractivity contribution in [2.75, 3.05) is 0 Å². The molecule has 0 aromatic heterocycles. The first-order valence-electron chi connectivity index (χ1n) is 5.49. The average Bonchev–Trinajstić information content (AvgIpc) is 2.27. The molecule has 0 unspecified atom stereocenters. The normalized spacial score (nSPS) is 13.1. The van der Waals surface area contributed by atoms with E-state index >= 15 is 0 Å². The van der Waals surface area contributed by atoms with E-state index in [9.17, 15) is 0 Å². The average molecular weight is 194 g/mol. The zero-order valence-electron chi connectivity index (χ0n) is 8.96. The van der Waals surface area contributed by atoms with Crippen molar-refractivity contribution in [3.05, 3.63) is 70.3 Å². The van der Waals surface area contributed by atoms with Gasteiger partial charge in [0.05, 0.1) is 0 Å². The van der Waals surface area contributed by atoms with Gasteiger partial charge >= 0.3 is 0 Å². The van der Waals surface area contributed by atoms with Crippen LogP contribution >= 0.6 is 0 Å². The number of benzene rings is 2. The van der Waals surface area contributed by atoms with Gasteiger partial charge in [-0.25, -0.2) is 0 Å². The second kappa shape index (κ2) is 3.23. The maximum Gasteiger partial charge on any atom is -0.00174 e.